The van der Waals surface area contributed by atoms with E-state index < -0.39 is 0 Å². The molecule has 0 aliphatic rings. The van der Waals surface area contributed by atoms with Crippen molar-refractivity contribution >= 4 is 28.1 Å². The number of aryl methyl sites for hydroxylation is 1. The Morgan fingerprint density at radius 3 is 2.70 bits per heavy atom. The van der Waals surface area contributed by atoms with Crippen LogP contribution in [0.3, 0.4) is 0 Å². The molecule has 0 atom stereocenters. The van der Waals surface area contributed by atoms with Crippen LogP contribution in [0.1, 0.15) is 16.7 Å². The Kier molecular flexibility index (Phi) is 5.07. The maximum atomic E-state index is 11.7. The van der Waals surface area contributed by atoms with Crippen molar-refractivity contribution in [1.29, 1.82) is 0 Å². The third kappa shape index (κ3) is 4.31. The summed E-state index contributed by atoms with van der Waals surface area (Å²) in [6.07, 6.45) is 1.96. The van der Waals surface area contributed by atoms with Gasteiger partial charge in [-0.05, 0) is 29.7 Å². The van der Waals surface area contributed by atoms with E-state index in [-0.39, 0.29) is 5.91 Å². The molecule has 2 aromatic carbocycles. The fraction of sp³-hybridized carbons (Fsp3) is 0.125. The van der Waals surface area contributed by atoms with Gasteiger partial charge in [-0.15, -0.1) is 0 Å². The molecule has 4 heteroatoms. The second-order valence-electron chi connectivity index (χ2n) is 4.46. The predicted octanol–water partition coefficient (Wildman–Crippen LogP) is 3.45. The van der Waals surface area contributed by atoms with E-state index in [1.54, 1.807) is 6.21 Å². The van der Waals surface area contributed by atoms with Crippen LogP contribution in [0, 0.1) is 6.92 Å². The summed E-state index contributed by atoms with van der Waals surface area (Å²) >= 11 is 3.46. The van der Waals surface area contributed by atoms with Crippen molar-refractivity contribution in [2.24, 2.45) is 5.10 Å². The number of halogens is 1. The van der Waals surface area contributed by atoms with Crippen LogP contribution in [0.2, 0.25) is 0 Å². The standard InChI is InChI=1S/C16H15BrN2O/c1-12-7-8-14(9-15(12)17)11-18-19-16(20)10-13-5-3-2-4-6-13/h2-9,11H,10H2,1H3,(H,19,20)/b18-11-. The number of rotatable bonds is 4. The lowest BCUT2D eigenvalue weighted by Gasteiger charge is -2.01. The fourth-order valence-corrected chi connectivity index (χ4v) is 2.09. The van der Waals surface area contributed by atoms with Crippen molar-refractivity contribution in [3.63, 3.8) is 0 Å². The van der Waals surface area contributed by atoms with E-state index in [4.69, 9.17) is 0 Å². The number of amides is 1. The maximum Gasteiger partial charge on any atom is 0.244 e. The molecule has 0 aromatic heterocycles. The van der Waals surface area contributed by atoms with Gasteiger partial charge in [0.15, 0.2) is 0 Å². The fourth-order valence-electron chi connectivity index (χ4n) is 1.69. The van der Waals surface area contributed by atoms with E-state index in [9.17, 15) is 4.79 Å². The number of hydrogen-bond donors (Lipinski definition) is 1. The Labute approximate surface area is 126 Å². The number of carbonyl (C=O) groups excluding carboxylic acids is 1. The first-order chi connectivity index (χ1) is 9.65. The molecule has 1 N–H and O–H groups in total. The average Bonchev–Trinajstić information content (AvgIpc) is 2.44. The third-order valence-electron chi connectivity index (χ3n) is 2.81. The lowest BCUT2D eigenvalue weighted by atomic mass is 10.1. The van der Waals surface area contributed by atoms with Gasteiger partial charge in [0, 0.05) is 4.47 Å². The minimum Gasteiger partial charge on any atom is -0.273 e. The van der Waals surface area contributed by atoms with Gasteiger partial charge in [-0.25, -0.2) is 5.43 Å². The van der Waals surface area contributed by atoms with Gasteiger partial charge in [0.2, 0.25) is 5.91 Å². The van der Waals surface area contributed by atoms with E-state index in [2.05, 4.69) is 26.5 Å². The quantitative estimate of drug-likeness (QED) is 0.677. The van der Waals surface area contributed by atoms with Crippen LogP contribution in [0.25, 0.3) is 0 Å². The zero-order valence-electron chi connectivity index (χ0n) is 11.1. The maximum absolute atomic E-state index is 11.7. The van der Waals surface area contributed by atoms with Crippen LogP contribution in [0.15, 0.2) is 58.1 Å². The van der Waals surface area contributed by atoms with Gasteiger partial charge >= 0.3 is 0 Å². The summed E-state index contributed by atoms with van der Waals surface area (Å²) in [6, 6.07) is 15.5. The molecular formula is C16H15BrN2O. The molecule has 2 aromatic rings. The van der Waals surface area contributed by atoms with Crippen molar-refractivity contribution in [2.75, 3.05) is 0 Å². The lowest BCUT2D eigenvalue weighted by Crippen LogP contribution is -2.19. The Balaban J connectivity index is 1.89. The second-order valence-corrected chi connectivity index (χ2v) is 5.32. The summed E-state index contributed by atoms with van der Waals surface area (Å²) < 4.78 is 1.03. The highest BCUT2D eigenvalue weighted by molar-refractivity contribution is 9.10. The van der Waals surface area contributed by atoms with E-state index >= 15 is 0 Å². The number of nitrogens with zero attached hydrogens (tertiary/aromatic N) is 1. The highest BCUT2D eigenvalue weighted by atomic mass is 79.9. The van der Waals surface area contributed by atoms with Gasteiger partial charge in [0.25, 0.3) is 0 Å². The molecule has 0 bridgehead atoms. The molecule has 0 saturated heterocycles. The summed E-state index contributed by atoms with van der Waals surface area (Å²) in [5.41, 5.74) is 5.59. The van der Waals surface area contributed by atoms with Gasteiger partial charge in [0.05, 0.1) is 12.6 Å². The van der Waals surface area contributed by atoms with E-state index in [0.29, 0.717) is 6.42 Å². The first kappa shape index (κ1) is 14.5. The summed E-state index contributed by atoms with van der Waals surface area (Å²) in [5.74, 6) is -0.126. The van der Waals surface area contributed by atoms with Gasteiger partial charge < -0.3 is 0 Å². The predicted molar refractivity (Wildman–Crippen MR) is 84.8 cm³/mol. The largest absolute Gasteiger partial charge is 0.273 e. The number of carbonyl (C=O) groups is 1. The molecule has 2 rings (SSSR count). The molecule has 3 nitrogen and oxygen atoms in total. The zero-order valence-corrected chi connectivity index (χ0v) is 12.7. The van der Waals surface area contributed by atoms with Gasteiger partial charge in [0.1, 0.15) is 0 Å². The Bertz CT molecular complexity index is 624. The first-order valence-electron chi connectivity index (χ1n) is 6.27. The van der Waals surface area contributed by atoms with E-state index in [0.717, 1.165) is 21.2 Å². The average molecular weight is 331 g/mol. The Hall–Kier alpha value is -1.94. The molecule has 0 unspecified atom stereocenters. The van der Waals surface area contributed by atoms with Crippen LogP contribution in [-0.2, 0) is 11.2 Å². The molecule has 0 heterocycles. The molecule has 0 aliphatic heterocycles. The lowest BCUT2D eigenvalue weighted by molar-refractivity contribution is -0.120. The molecular weight excluding hydrogens is 316 g/mol. The van der Waals surface area contributed by atoms with Crippen molar-refractivity contribution in [1.82, 2.24) is 5.43 Å². The van der Waals surface area contributed by atoms with Crippen LogP contribution in [0.4, 0.5) is 0 Å². The third-order valence-corrected chi connectivity index (χ3v) is 3.66. The highest BCUT2D eigenvalue weighted by Crippen LogP contribution is 2.16. The SMILES string of the molecule is Cc1ccc(/C=N\NC(=O)Cc2ccccc2)cc1Br. The number of hydrazone groups is 1. The van der Waals surface area contributed by atoms with Crippen molar-refractivity contribution < 1.29 is 4.79 Å². The molecule has 0 aliphatic carbocycles. The Morgan fingerprint density at radius 1 is 1.25 bits per heavy atom. The topological polar surface area (TPSA) is 41.5 Å². The molecule has 0 saturated carbocycles. The monoisotopic (exact) mass is 330 g/mol. The van der Waals surface area contributed by atoms with Crippen LogP contribution < -0.4 is 5.43 Å². The first-order valence-corrected chi connectivity index (χ1v) is 7.06. The van der Waals surface area contributed by atoms with Crippen molar-refractivity contribution in [3.8, 4) is 0 Å². The van der Waals surface area contributed by atoms with Crippen LogP contribution in [-0.4, -0.2) is 12.1 Å². The number of benzene rings is 2. The summed E-state index contributed by atoms with van der Waals surface area (Å²) in [4.78, 5) is 11.7. The summed E-state index contributed by atoms with van der Waals surface area (Å²) in [5, 5.41) is 3.96. The van der Waals surface area contributed by atoms with Crippen LogP contribution in [0.5, 0.6) is 0 Å². The molecule has 20 heavy (non-hydrogen) atoms. The van der Waals surface area contributed by atoms with Crippen molar-refractivity contribution in [3.05, 3.63) is 69.7 Å². The summed E-state index contributed by atoms with van der Waals surface area (Å²) in [6.45, 7) is 2.02. The smallest absolute Gasteiger partial charge is 0.244 e. The molecule has 0 spiro atoms. The zero-order chi connectivity index (χ0) is 14.4. The van der Waals surface area contributed by atoms with E-state index in [1.807, 2.05) is 55.5 Å². The molecule has 0 fully saturated rings. The number of hydrogen-bond acceptors (Lipinski definition) is 2. The number of nitrogens with one attached hydrogen (secondary N) is 1. The minimum atomic E-state index is -0.126. The molecule has 102 valence electrons. The van der Waals surface area contributed by atoms with Gasteiger partial charge in [-0.1, -0.05) is 58.4 Å². The van der Waals surface area contributed by atoms with Gasteiger partial charge in [-0.2, -0.15) is 5.10 Å². The molecule has 0 radical (unpaired) electrons. The minimum absolute atomic E-state index is 0.126. The Morgan fingerprint density at radius 2 is 2.00 bits per heavy atom. The van der Waals surface area contributed by atoms with E-state index in [1.165, 1.54) is 0 Å². The van der Waals surface area contributed by atoms with Crippen molar-refractivity contribution in [2.45, 2.75) is 13.3 Å². The highest BCUT2D eigenvalue weighted by Gasteiger charge is 2.01. The van der Waals surface area contributed by atoms with Gasteiger partial charge in [-0.3, -0.25) is 4.79 Å². The van der Waals surface area contributed by atoms with Crippen LogP contribution >= 0.6 is 15.9 Å². The summed E-state index contributed by atoms with van der Waals surface area (Å²) in [7, 11) is 0. The normalized spacial score (nSPS) is 10.7. The second kappa shape index (κ2) is 7.01. The molecule has 1 amide bonds.